The van der Waals surface area contributed by atoms with Crippen LogP contribution in [0.3, 0.4) is 0 Å². The molecule has 0 saturated carbocycles. The van der Waals surface area contributed by atoms with E-state index in [-0.39, 0.29) is 6.10 Å². The van der Waals surface area contributed by atoms with Crippen molar-refractivity contribution < 1.29 is 14.6 Å². The van der Waals surface area contributed by atoms with Gasteiger partial charge < -0.3 is 15.2 Å². The molecule has 2 N–H and O–H groups in total. The fraction of sp³-hybridized carbons (Fsp3) is 0.941. The van der Waals surface area contributed by atoms with E-state index in [4.69, 9.17) is 4.74 Å². The molecule has 0 heterocycles. The summed E-state index contributed by atoms with van der Waals surface area (Å²) in [6.45, 7) is 9.41. The summed E-state index contributed by atoms with van der Waals surface area (Å²) in [5.74, 6) is -0.800. The van der Waals surface area contributed by atoms with Gasteiger partial charge in [-0.05, 0) is 33.2 Å². The van der Waals surface area contributed by atoms with Gasteiger partial charge in [0.05, 0.1) is 6.10 Å². The van der Waals surface area contributed by atoms with Gasteiger partial charge in [0.15, 0.2) is 0 Å². The van der Waals surface area contributed by atoms with Crippen LogP contribution in [0.15, 0.2) is 0 Å². The van der Waals surface area contributed by atoms with E-state index in [2.05, 4.69) is 12.2 Å². The summed E-state index contributed by atoms with van der Waals surface area (Å²) >= 11 is 0. The Hall–Kier alpha value is -0.610. The van der Waals surface area contributed by atoms with Crippen molar-refractivity contribution >= 4 is 5.97 Å². The highest BCUT2D eigenvalue weighted by atomic mass is 16.5. The fourth-order valence-electron chi connectivity index (χ4n) is 2.44. The number of hydrogen-bond acceptors (Lipinski definition) is 3. The Balaban J connectivity index is 3.88. The first kappa shape index (κ1) is 20.4. The van der Waals surface area contributed by atoms with Crippen molar-refractivity contribution in [1.82, 2.24) is 5.32 Å². The van der Waals surface area contributed by atoms with Crippen LogP contribution in [0.4, 0.5) is 0 Å². The van der Waals surface area contributed by atoms with Gasteiger partial charge in [-0.2, -0.15) is 0 Å². The second-order valence-corrected chi connectivity index (χ2v) is 6.22. The van der Waals surface area contributed by atoms with Crippen LogP contribution in [0.25, 0.3) is 0 Å². The molecule has 0 aromatic rings. The van der Waals surface area contributed by atoms with Crippen LogP contribution < -0.4 is 5.32 Å². The molecule has 2 atom stereocenters. The highest BCUT2D eigenvalue weighted by molar-refractivity contribution is 5.78. The lowest BCUT2D eigenvalue weighted by atomic mass is 9.94. The minimum atomic E-state index is -0.892. The summed E-state index contributed by atoms with van der Waals surface area (Å²) in [5, 5.41) is 12.5. The van der Waals surface area contributed by atoms with Gasteiger partial charge in [-0.15, -0.1) is 0 Å². The monoisotopic (exact) mass is 301 g/mol. The first-order valence-electron chi connectivity index (χ1n) is 8.56. The van der Waals surface area contributed by atoms with E-state index in [1.54, 1.807) is 6.92 Å². The average Bonchev–Trinajstić information content (AvgIpc) is 2.44. The van der Waals surface area contributed by atoms with Crippen molar-refractivity contribution in [1.29, 1.82) is 0 Å². The third-order valence-electron chi connectivity index (χ3n) is 3.83. The Morgan fingerprint density at radius 3 is 2.33 bits per heavy atom. The number of carboxylic acids is 1. The molecule has 0 bridgehead atoms. The van der Waals surface area contributed by atoms with E-state index < -0.39 is 11.5 Å². The van der Waals surface area contributed by atoms with E-state index in [0.717, 1.165) is 19.4 Å². The molecule has 4 nitrogen and oxygen atoms in total. The quantitative estimate of drug-likeness (QED) is 0.476. The second kappa shape index (κ2) is 12.0. The molecule has 0 spiro atoms. The molecule has 21 heavy (non-hydrogen) atoms. The zero-order valence-corrected chi connectivity index (χ0v) is 14.4. The molecule has 2 unspecified atom stereocenters. The highest BCUT2D eigenvalue weighted by Gasteiger charge is 2.34. The van der Waals surface area contributed by atoms with Crippen molar-refractivity contribution in [3.63, 3.8) is 0 Å². The molecule has 0 aromatic carbocycles. The van der Waals surface area contributed by atoms with Crippen LogP contribution in [0, 0.1) is 0 Å². The lowest BCUT2D eigenvalue weighted by molar-refractivity contribution is -0.146. The van der Waals surface area contributed by atoms with Gasteiger partial charge in [0.1, 0.15) is 5.54 Å². The summed E-state index contributed by atoms with van der Waals surface area (Å²) in [6.07, 6.45) is 8.83. The van der Waals surface area contributed by atoms with Crippen molar-refractivity contribution in [2.75, 3.05) is 13.2 Å². The van der Waals surface area contributed by atoms with Gasteiger partial charge in [-0.3, -0.25) is 4.79 Å². The first-order valence-corrected chi connectivity index (χ1v) is 8.56. The van der Waals surface area contributed by atoms with E-state index >= 15 is 0 Å². The Kier molecular flexibility index (Phi) is 11.6. The van der Waals surface area contributed by atoms with Gasteiger partial charge >= 0.3 is 5.97 Å². The zero-order valence-electron chi connectivity index (χ0n) is 14.4. The molecular weight excluding hydrogens is 266 g/mol. The maximum Gasteiger partial charge on any atom is 0.323 e. The molecule has 0 aliphatic carbocycles. The molecule has 0 aliphatic heterocycles. The number of hydrogen-bond donors (Lipinski definition) is 2. The Morgan fingerprint density at radius 2 is 1.76 bits per heavy atom. The molecule has 0 saturated heterocycles. The van der Waals surface area contributed by atoms with Gasteiger partial charge in [-0.25, -0.2) is 0 Å². The summed E-state index contributed by atoms with van der Waals surface area (Å²) in [5.41, 5.74) is -0.892. The van der Waals surface area contributed by atoms with Gasteiger partial charge in [-0.1, -0.05) is 46.0 Å². The highest BCUT2D eigenvalue weighted by Crippen LogP contribution is 2.16. The number of nitrogens with one attached hydrogen (secondary N) is 1. The number of ether oxygens (including phenoxy) is 1. The summed E-state index contributed by atoms with van der Waals surface area (Å²) in [7, 11) is 0. The predicted molar refractivity (Wildman–Crippen MR) is 87.7 cm³/mol. The molecule has 0 amide bonds. The standard InChI is InChI=1S/C17H35NO3/c1-5-7-8-9-10-11-13-21-15(3)14-17(4,16(19)20)18-12-6-2/h15,18H,5-14H2,1-4H3,(H,19,20). The molecule has 0 radical (unpaired) electrons. The third-order valence-corrected chi connectivity index (χ3v) is 3.83. The molecule has 0 fully saturated rings. The number of aliphatic carboxylic acids is 1. The third kappa shape index (κ3) is 9.86. The lowest BCUT2D eigenvalue weighted by Gasteiger charge is -2.29. The van der Waals surface area contributed by atoms with E-state index in [0.29, 0.717) is 13.0 Å². The first-order chi connectivity index (χ1) is 9.96. The van der Waals surface area contributed by atoms with Crippen molar-refractivity contribution in [3.05, 3.63) is 0 Å². The van der Waals surface area contributed by atoms with Crippen LogP contribution in [-0.4, -0.2) is 35.9 Å². The van der Waals surface area contributed by atoms with Crippen molar-refractivity contribution in [2.45, 2.75) is 90.7 Å². The molecule has 0 aliphatic rings. The van der Waals surface area contributed by atoms with Gasteiger partial charge in [0.2, 0.25) is 0 Å². The lowest BCUT2D eigenvalue weighted by Crippen LogP contribution is -2.51. The minimum absolute atomic E-state index is 0.0360. The van der Waals surface area contributed by atoms with Crippen molar-refractivity contribution in [2.24, 2.45) is 0 Å². The second-order valence-electron chi connectivity index (χ2n) is 6.22. The normalized spacial score (nSPS) is 15.6. The van der Waals surface area contributed by atoms with E-state index in [9.17, 15) is 9.90 Å². The van der Waals surface area contributed by atoms with Crippen molar-refractivity contribution in [3.8, 4) is 0 Å². The zero-order chi connectivity index (χ0) is 16.1. The maximum atomic E-state index is 11.4. The fourth-order valence-corrected chi connectivity index (χ4v) is 2.44. The number of unbranched alkanes of at least 4 members (excludes halogenated alkanes) is 5. The van der Waals surface area contributed by atoms with Crippen LogP contribution >= 0.6 is 0 Å². The molecule has 126 valence electrons. The topological polar surface area (TPSA) is 58.6 Å². The molecule has 4 heteroatoms. The number of rotatable bonds is 14. The maximum absolute atomic E-state index is 11.4. The van der Waals surface area contributed by atoms with Crippen LogP contribution in [0.1, 0.15) is 79.1 Å². The Labute approximate surface area is 130 Å². The van der Waals surface area contributed by atoms with E-state index in [1.165, 1.54) is 32.1 Å². The minimum Gasteiger partial charge on any atom is -0.480 e. The molecule has 0 aromatic heterocycles. The van der Waals surface area contributed by atoms with Crippen LogP contribution in [0.5, 0.6) is 0 Å². The summed E-state index contributed by atoms with van der Waals surface area (Å²) in [6, 6.07) is 0. The Bertz CT molecular complexity index is 271. The number of carboxylic acid groups (broad SMARTS) is 1. The van der Waals surface area contributed by atoms with Gasteiger partial charge in [0.25, 0.3) is 0 Å². The smallest absolute Gasteiger partial charge is 0.323 e. The predicted octanol–water partition coefficient (Wildman–Crippen LogP) is 3.99. The summed E-state index contributed by atoms with van der Waals surface area (Å²) < 4.78 is 5.77. The largest absolute Gasteiger partial charge is 0.480 e. The SMILES string of the molecule is CCCCCCCCOC(C)CC(C)(NCCC)C(=O)O. The van der Waals surface area contributed by atoms with Crippen LogP contribution in [-0.2, 0) is 9.53 Å². The summed E-state index contributed by atoms with van der Waals surface area (Å²) in [4.78, 5) is 11.4. The molecule has 0 rings (SSSR count). The van der Waals surface area contributed by atoms with Crippen LogP contribution in [0.2, 0.25) is 0 Å². The molecular formula is C17H35NO3. The number of carbonyl (C=O) groups is 1. The average molecular weight is 301 g/mol. The van der Waals surface area contributed by atoms with Gasteiger partial charge in [0, 0.05) is 13.0 Å². The van der Waals surface area contributed by atoms with E-state index in [1.807, 2.05) is 13.8 Å². The Morgan fingerprint density at radius 1 is 1.14 bits per heavy atom.